The summed E-state index contributed by atoms with van der Waals surface area (Å²) >= 11 is 1.71. The van der Waals surface area contributed by atoms with Crippen molar-refractivity contribution in [2.45, 2.75) is 26.3 Å². The Balaban J connectivity index is 0.00000441. The van der Waals surface area contributed by atoms with Crippen LogP contribution in [-0.2, 0) is 11.3 Å². The molecule has 5 nitrogen and oxygen atoms in total. The van der Waals surface area contributed by atoms with Crippen LogP contribution in [0.2, 0.25) is 0 Å². The van der Waals surface area contributed by atoms with Crippen LogP contribution in [0.5, 0.6) is 0 Å². The molecule has 0 unspecified atom stereocenters. The van der Waals surface area contributed by atoms with Gasteiger partial charge in [-0.2, -0.15) is 0 Å². The Morgan fingerprint density at radius 3 is 2.64 bits per heavy atom. The minimum absolute atomic E-state index is 0. The molecule has 0 spiro atoms. The second kappa shape index (κ2) is 11.7. The molecule has 0 aromatic carbocycles. The van der Waals surface area contributed by atoms with Crippen molar-refractivity contribution in [3.8, 4) is 0 Å². The Morgan fingerprint density at radius 2 is 2.09 bits per heavy atom. The molecule has 126 valence electrons. The first-order valence-corrected chi connectivity index (χ1v) is 8.14. The molecular formula is C15H27IN4OS. The summed E-state index contributed by atoms with van der Waals surface area (Å²) in [4.78, 5) is 21.0. The van der Waals surface area contributed by atoms with Crippen molar-refractivity contribution in [2.24, 2.45) is 4.99 Å². The van der Waals surface area contributed by atoms with Gasteiger partial charge in [-0.3, -0.25) is 4.79 Å². The first-order valence-electron chi connectivity index (χ1n) is 7.26. The van der Waals surface area contributed by atoms with Crippen LogP contribution in [0.25, 0.3) is 0 Å². The highest BCUT2D eigenvalue weighted by Gasteiger charge is 2.08. The maximum absolute atomic E-state index is 11.7. The maximum Gasteiger partial charge on any atom is 0.243 e. The number of hydrogen-bond acceptors (Lipinski definition) is 3. The largest absolute Gasteiger partial charge is 0.351 e. The van der Waals surface area contributed by atoms with Gasteiger partial charge in [0.2, 0.25) is 5.91 Å². The molecule has 0 saturated heterocycles. The van der Waals surface area contributed by atoms with Gasteiger partial charge < -0.3 is 15.1 Å². The molecule has 7 heteroatoms. The summed E-state index contributed by atoms with van der Waals surface area (Å²) in [6.07, 6.45) is 2.25. The molecule has 0 fully saturated rings. The van der Waals surface area contributed by atoms with Gasteiger partial charge >= 0.3 is 0 Å². The van der Waals surface area contributed by atoms with Crippen molar-refractivity contribution in [1.29, 1.82) is 0 Å². The molecule has 1 rings (SSSR count). The molecule has 0 aliphatic heterocycles. The molecule has 0 radical (unpaired) electrons. The second-order valence-corrected chi connectivity index (χ2v) is 6.17. The zero-order valence-electron chi connectivity index (χ0n) is 13.8. The van der Waals surface area contributed by atoms with E-state index in [1.165, 1.54) is 4.88 Å². The predicted molar refractivity (Wildman–Crippen MR) is 105 cm³/mol. The number of carbonyl (C=O) groups excluding carboxylic acids is 1. The Bertz CT molecular complexity index is 448. The van der Waals surface area contributed by atoms with Gasteiger partial charge in [-0.25, -0.2) is 4.99 Å². The lowest BCUT2D eigenvalue weighted by molar-refractivity contribution is -0.127. The maximum atomic E-state index is 11.7. The molecule has 1 heterocycles. The topological polar surface area (TPSA) is 47.9 Å². The Morgan fingerprint density at radius 1 is 1.36 bits per heavy atom. The Kier molecular flexibility index (Phi) is 11.3. The number of nitrogens with one attached hydrogen (secondary N) is 1. The average molecular weight is 438 g/mol. The van der Waals surface area contributed by atoms with E-state index in [2.05, 4.69) is 33.6 Å². The highest BCUT2D eigenvalue weighted by atomic mass is 127. The highest BCUT2D eigenvalue weighted by molar-refractivity contribution is 14.0. The number of guanidine groups is 1. The smallest absolute Gasteiger partial charge is 0.243 e. The van der Waals surface area contributed by atoms with Gasteiger partial charge in [0.25, 0.3) is 0 Å². The van der Waals surface area contributed by atoms with Crippen LogP contribution in [-0.4, -0.2) is 55.9 Å². The van der Waals surface area contributed by atoms with Crippen LogP contribution >= 0.6 is 35.3 Å². The van der Waals surface area contributed by atoms with Crippen molar-refractivity contribution >= 4 is 47.2 Å². The summed E-state index contributed by atoms with van der Waals surface area (Å²) in [6.45, 7) is 4.02. The van der Waals surface area contributed by atoms with E-state index >= 15 is 0 Å². The van der Waals surface area contributed by atoms with Gasteiger partial charge in [0.15, 0.2) is 5.96 Å². The summed E-state index contributed by atoms with van der Waals surface area (Å²) in [6, 6.07) is 4.13. The van der Waals surface area contributed by atoms with Crippen molar-refractivity contribution in [1.82, 2.24) is 15.1 Å². The van der Waals surface area contributed by atoms with Crippen LogP contribution in [0.4, 0.5) is 0 Å². The van der Waals surface area contributed by atoms with Gasteiger partial charge in [-0.15, -0.1) is 35.3 Å². The number of amides is 1. The predicted octanol–water partition coefficient (Wildman–Crippen LogP) is 2.63. The average Bonchev–Trinajstić information content (AvgIpc) is 2.97. The monoisotopic (exact) mass is 438 g/mol. The number of unbranched alkanes of at least 4 members (excludes halogenated alkanes) is 1. The summed E-state index contributed by atoms with van der Waals surface area (Å²) in [5.74, 6) is 0.793. The number of nitrogens with zero attached hydrogens (tertiary/aromatic N) is 3. The molecule has 1 aromatic heterocycles. The molecule has 0 bridgehead atoms. The molecule has 0 aliphatic rings. The number of carbonyl (C=O) groups is 1. The summed E-state index contributed by atoms with van der Waals surface area (Å²) in [5, 5.41) is 5.40. The molecule has 0 atom stereocenters. The lowest BCUT2D eigenvalue weighted by atomic mass is 10.3. The van der Waals surface area contributed by atoms with Gasteiger partial charge in [0, 0.05) is 32.6 Å². The van der Waals surface area contributed by atoms with Crippen LogP contribution in [0.3, 0.4) is 0 Å². The normalized spacial score (nSPS) is 10.8. The fourth-order valence-electron chi connectivity index (χ4n) is 1.68. The van der Waals surface area contributed by atoms with Crippen LogP contribution in [0, 0.1) is 0 Å². The van der Waals surface area contributed by atoms with E-state index in [9.17, 15) is 4.79 Å². The van der Waals surface area contributed by atoms with E-state index in [0.29, 0.717) is 0 Å². The van der Waals surface area contributed by atoms with Gasteiger partial charge in [0.1, 0.15) is 6.54 Å². The Labute approximate surface area is 154 Å². The van der Waals surface area contributed by atoms with Crippen LogP contribution < -0.4 is 5.32 Å². The van der Waals surface area contributed by atoms with Crippen LogP contribution in [0.15, 0.2) is 22.5 Å². The number of halogens is 1. The molecule has 1 amide bonds. The molecule has 0 saturated carbocycles. The first kappa shape index (κ1) is 21.2. The SMILES string of the molecule is CCCCN(C)C(=NCC(=O)N(C)C)NCc1cccs1.I. The summed E-state index contributed by atoms with van der Waals surface area (Å²) in [7, 11) is 5.50. The van der Waals surface area contributed by atoms with Crippen molar-refractivity contribution in [3.63, 3.8) is 0 Å². The third-order valence-corrected chi connectivity index (χ3v) is 3.95. The fraction of sp³-hybridized carbons (Fsp3) is 0.600. The van der Waals surface area contributed by atoms with Gasteiger partial charge in [-0.05, 0) is 17.9 Å². The highest BCUT2D eigenvalue weighted by Crippen LogP contribution is 2.07. The zero-order valence-corrected chi connectivity index (χ0v) is 17.0. The first-order chi connectivity index (χ1) is 10.0. The lowest BCUT2D eigenvalue weighted by Gasteiger charge is -2.22. The zero-order chi connectivity index (χ0) is 15.7. The summed E-state index contributed by atoms with van der Waals surface area (Å²) in [5.41, 5.74) is 0. The number of aliphatic imine (C=N–C) groups is 1. The molecule has 1 aromatic rings. The Hall–Kier alpha value is -0.830. The minimum Gasteiger partial charge on any atom is -0.351 e. The second-order valence-electron chi connectivity index (χ2n) is 5.14. The summed E-state index contributed by atoms with van der Waals surface area (Å²) < 4.78 is 0. The van der Waals surface area contributed by atoms with E-state index in [1.54, 1.807) is 30.3 Å². The standard InChI is InChI=1S/C15H26N4OS.HI/c1-5-6-9-19(4)15(17-12-14(20)18(2)3)16-11-13-8-7-10-21-13;/h7-8,10H,5-6,9,11-12H2,1-4H3,(H,16,17);1H. The lowest BCUT2D eigenvalue weighted by Crippen LogP contribution is -2.40. The number of likely N-dealkylation sites (N-methyl/N-ethyl adjacent to an activating group) is 1. The van der Waals surface area contributed by atoms with E-state index in [4.69, 9.17) is 0 Å². The van der Waals surface area contributed by atoms with Crippen molar-refractivity contribution in [2.75, 3.05) is 34.2 Å². The van der Waals surface area contributed by atoms with Gasteiger partial charge in [0.05, 0.1) is 6.54 Å². The van der Waals surface area contributed by atoms with E-state index in [1.807, 2.05) is 13.1 Å². The number of hydrogen-bond donors (Lipinski definition) is 1. The van der Waals surface area contributed by atoms with Gasteiger partial charge in [-0.1, -0.05) is 19.4 Å². The van der Waals surface area contributed by atoms with E-state index < -0.39 is 0 Å². The number of rotatable bonds is 7. The third kappa shape index (κ3) is 7.98. The molecule has 22 heavy (non-hydrogen) atoms. The molecule has 0 aliphatic carbocycles. The van der Waals surface area contributed by atoms with E-state index in [0.717, 1.165) is 31.9 Å². The molecule has 1 N–H and O–H groups in total. The van der Waals surface area contributed by atoms with Crippen molar-refractivity contribution < 1.29 is 4.79 Å². The van der Waals surface area contributed by atoms with E-state index in [-0.39, 0.29) is 36.4 Å². The number of thiophene rings is 1. The van der Waals surface area contributed by atoms with Crippen LogP contribution in [0.1, 0.15) is 24.6 Å². The third-order valence-electron chi connectivity index (χ3n) is 3.07. The molecular weight excluding hydrogens is 411 g/mol. The quantitative estimate of drug-likeness (QED) is 0.405. The van der Waals surface area contributed by atoms with Crippen molar-refractivity contribution in [3.05, 3.63) is 22.4 Å². The fourth-order valence-corrected chi connectivity index (χ4v) is 2.32. The minimum atomic E-state index is 0.